The number of rotatable bonds is 3. The number of nitrogens with one attached hydrogen (secondary N) is 1. The second-order valence-electron chi connectivity index (χ2n) is 8.20. The fraction of sp³-hybridized carbons (Fsp3) is 0.600. The average molecular weight is 374 g/mol. The Hall–Kier alpha value is -2.28. The summed E-state index contributed by atoms with van der Waals surface area (Å²) >= 11 is 0. The van der Waals surface area contributed by atoms with Gasteiger partial charge in [0.2, 0.25) is 5.91 Å². The minimum atomic E-state index is -0.188. The Bertz CT molecular complexity index is 732. The molecule has 1 saturated heterocycles. The number of fused-ring (bicyclic) bond motifs is 1. The lowest BCUT2D eigenvalue weighted by atomic mass is 9.98. The zero-order chi connectivity index (χ0) is 19.8. The van der Waals surface area contributed by atoms with Gasteiger partial charge in [-0.3, -0.25) is 9.59 Å². The smallest absolute Gasteiger partial charge is 0.253 e. The first-order valence-corrected chi connectivity index (χ1v) is 9.43. The summed E-state index contributed by atoms with van der Waals surface area (Å²) in [7, 11) is 5.43. The maximum Gasteiger partial charge on any atom is 0.253 e. The molecule has 0 unspecified atom stereocenters. The fourth-order valence-corrected chi connectivity index (χ4v) is 3.75. The first-order valence-electron chi connectivity index (χ1n) is 9.43. The molecule has 0 aliphatic carbocycles. The van der Waals surface area contributed by atoms with Crippen molar-refractivity contribution in [3.8, 4) is 5.75 Å². The van der Waals surface area contributed by atoms with Crippen LogP contribution in [-0.2, 0) is 4.79 Å². The Morgan fingerprint density at radius 2 is 2.07 bits per heavy atom. The zero-order valence-corrected chi connectivity index (χ0v) is 16.9. The number of likely N-dealkylation sites (N-methyl/N-ethyl adjacent to an activating group) is 1. The zero-order valence-electron chi connectivity index (χ0n) is 16.9. The third-order valence-corrected chi connectivity index (χ3v) is 5.48. The summed E-state index contributed by atoms with van der Waals surface area (Å²) in [5, 5.41) is 3.35. The summed E-state index contributed by atoms with van der Waals surface area (Å²) in [6.07, 6.45) is 0.394. The van der Waals surface area contributed by atoms with E-state index in [9.17, 15) is 9.59 Å². The van der Waals surface area contributed by atoms with Crippen LogP contribution >= 0.6 is 0 Å². The van der Waals surface area contributed by atoms with E-state index in [1.165, 1.54) is 0 Å². The number of hydrogen-bond donors (Lipinski definition) is 1. The summed E-state index contributed by atoms with van der Waals surface area (Å²) in [6, 6.07) is 5.41. The summed E-state index contributed by atoms with van der Waals surface area (Å²) in [5.41, 5.74) is 1.28. The highest BCUT2D eigenvalue weighted by atomic mass is 16.5. The minimum Gasteiger partial charge on any atom is -0.489 e. The van der Waals surface area contributed by atoms with E-state index in [-0.39, 0.29) is 23.4 Å². The largest absolute Gasteiger partial charge is 0.489 e. The number of piperazine rings is 1. The van der Waals surface area contributed by atoms with Crippen LogP contribution in [0.1, 0.15) is 30.6 Å². The number of anilines is 1. The summed E-state index contributed by atoms with van der Waals surface area (Å²) < 4.78 is 5.89. The van der Waals surface area contributed by atoms with E-state index in [2.05, 4.69) is 24.1 Å². The van der Waals surface area contributed by atoms with Crippen LogP contribution in [0.4, 0.5) is 5.69 Å². The van der Waals surface area contributed by atoms with Gasteiger partial charge < -0.3 is 24.8 Å². The molecule has 27 heavy (non-hydrogen) atoms. The van der Waals surface area contributed by atoms with Crippen LogP contribution in [0.5, 0.6) is 5.75 Å². The third-order valence-electron chi connectivity index (χ3n) is 5.48. The van der Waals surface area contributed by atoms with E-state index in [0.717, 1.165) is 31.1 Å². The standard InChI is InChI=1S/C20H30N4O3/c1-20(2)13-21-8-9-24(20)18(25)11-15-12-27-17-7-6-14(19(26)22(3)4)10-16(17)23(15)5/h6-7,10,15,21H,8-9,11-13H2,1-5H3/t15-/m1/s1. The molecule has 7 nitrogen and oxygen atoms in total. The third kappa shape index (κ3) is 3.88. The van der Waals surface area contributed by atoms with Gasteiger partial charge in [-0.15, -0.1) is 0 Å². The summed E-state index contributed by atoms with van der Waals surface area (Å²) in [4.78, 5) is 30.8. The normalized spacial score (nSPS) is 21.3. The Balaban J connectivity index is 1.76. The molecule has 7 heteroatoms. The van der Waals surface area contributed by atoms with Gasteiger partial charge in [-0.1, -0.05) is 0 Å². The van der Waals surface area contributed by atoms with Gasteiger partial charge in [0.15, 0.2) is 0 Å². The molecule has 2 aliphatic heterocycles. The van der Waals surface area contributed by atoms with Gasteiger partial charge >= 0.3 is 0 Å². The molecule has 1 aromatic rings. The molecule has 3 rings (SSSR count). The van der Waals surface area contributed by atoms with Crippen molar-refractivity contribution in [3.63, 3.8) is 0 Å². The number of hydrogen-bond acceptors (Lipinski definition) is 5. The molecule has 1 fully saturated rings. The summed E-state index contributed by atoms with van der Waals surface area (Å²) in [6.45, 7) is 6.99. The Morgan fingerprint density at radius 3 is 2.74 bits per heavy atom. The average Bonchev–Trinajstić information content (AvgIpc) is 2.62. The second kappa shape index (κ2) is 7.38. The van der Waals surface area contributed by atoms with E-state index >= 15 is 0 Å². The van der Waals surface area contributed by atoms with Crippen molar-refractivity contribution in [1.29, 1.82) is 0 Å². The minimum absolute atomic E-state index is 0.0491. The van der Waals surface area contributed by atoms with Crippen LogP contribution in [0.15, 0.2) is 18.2 Å². The van der Waals surface area contributed by atoms with E-state index in [1.807, 2.05) is 24.1 Å². The van der Waals surface area contributed by atoms with Crippen molar-refractivity contribution >= 4 is 17.5 Å². The van der Waals surface area contributed by atoms with Gasteiger partial charge in [0.25, 0.3) is 5.91 Å². The highest BCUT2D eigenvalue weighted by Crippen LogP contribution is 2.35. The number of nitrogens with zero attached hydrogens (tertiary/aromatic N) is 3. The number of amides is 2. The quantitative estimate of drug-likeness (QED) is 0.861. The molecule has 1 atom stereocenters. The molecule has 0 saturated carbocycles. The predicted molar refractivity (Wildman–Crippen MR) is 105 cm³/mol. The van der Waals surface area contributed by atoms with Crippen molar-refractivity contribution in [1.82, 2.24) is 15.1 Å². The maximum atomic E-state index is 13.0. The monoisotopic (exact) mass is 374 g/mol. The second-order valence-corrected chi connectivity index (χ2v) is 8.20. The Kier molecular flexibility index (Phi) is 5.33. The fourth-order valence-electron chi connectivity index (χ4n) is 3.75. The van der Waals surface area contributed by atoms with Gasteiger partial charge in [0, 0.05) is 51.9 Å². The Morgan fingerprint density at radius 1 is 1.33 bits per heavy atom. The molecule has 0 aromatic heterocycles. The molecule has 0 spiro atoms. The predicted octanol–water partition coefficient (Wildman–Crippen LogP) is 1.19. The van der Waals surface area contributed by atoms with E-state index < -0.39 is 0 Å². The van der Waals surface area contributed by atoms with E-state index in [1.54, 1.807) is 25.1 Å². The van der Waals surface area contributed by atoms with Crippen molar-refractivity contribution < 1.29 is 14.3 Å². The molecule has 0 bridgehead atoms. The van der Waals surface area contributed by atoms with E-state index in [0.29, 0.717) is 18.6 Å². The highest BCUT2D eigenvalue weighted by molar-refractivity contribution is 5.95. The lowest BCUT2D eigenvalue weighted by Gasteiger charge is -2.44. The van der Waals surface area contributed by atoms with Crippen LogP contribution in [0.25, 0.3) is 0 Å². The molecule has 148 valence electrons. The molecular formula is C20H30N4O3. The Labute approximate surface area is 161 Å². The first-order chi connectivity index (χ1) is 12.7. The number of carbonyl (C=O) groups excluding carboxylic acids is 2. The molecule has 2 aliphatic rings. The van der Waals surface area contributed by atoms with Gasteiger partial charge in [0.05, 0.1) is 18.2 Å². The number of carbonyl (C=O) groups is 2. The molecule has 2 amide bonds. The maximum absolute atomic E-state index is 13.0. The molecule has 2 heterocycles. The van der Waals surface area contributed by atoms with Crippen LogP contribution in [-0.4, -0.2) is 80.6 Å². The number of benzene rings is 1. The van der Waals surface area contributed by atoms with Gasteiger partial charge in [-0.25, -0.2) is 0 Å². The first kappa shape index (κ1) is 19.5. The summed E-state index contributed by atoms with van der Waals surface area (Å²) in [5.74, 6) is 0.844. The van der Waals surface area contributed by atoms with Crippen LogP contribution in [0.3, 0.4) is 0 Å². The topological polar surface area (TPSA) is 65.1 Å². The molecule has 0 radical (unpaired) electrons. The lowest BCUT2D eigenvalue weighted by molar-refractivity contribution is -0.138. The van der Waals surface area contributed by atoms with Gasteiger partial charge in [0.1, 0.15) is 12.4 Å². The number of ether oxygens (including phenoxy) is 1. The van der Waals surface area contributed by atoms with Crippen LogP contribution in [0.2, 0.25) is 0 Å². The van der Waals surface area contributed by atoms with Gasteiger partial charge in [-0.05, 0) is 32.0 Å². The van der Waals surface area contributed by atoms with Crippen LogP contribution < -0.4 is 15.0 Å². The van der Waals surface area contributed by atoms with Crippen LogP contribution in [0, 0.1) is 0 Å². The van der Waals surface area contributed by atoms with Crippen molar-refractivity contribution in [2.45, 2.75) is 31.8 Å². The van der Waals surface area contributed by atoms with Crippen molar-refractivity contribution in [2.75, 3.05) is 52.3 Å². The van der Waals surface area contributed by atoms with Crippen molar-refractivity contribution in [2.24, 2.45) is 0 Å². The molecular weight excluding hydrogens is 344 g/mol. The van der Waals surface area contributed by atoms with Gasteiger partial charge in [-0.2, -0.15) is 0 Å². The lowest BCUT2D eigenvalue weighted by Crippen LogP contribution is -2.60. The molecule has 1 N–H and O–H groups in total. The van der Waals surface area contributed by atoms with Crippen molar-refractivity contribution in [3.05, 3.63) is 23.8 Å². The highest BCUT2D eigenvalue weighted by Gasteiger charge is 2.36. The molecule has 1 aromatic carbocycles. The SMILES string of the molecule is CN(C)C(=O)c1ccc2c(c1)N(C)[C@H](CC(=O)N1CCNCC1(C)C)CO2. The van der Waals surface area contributed by atoms with E-state index in [4.69, 9.17) is 4.74 Å².